The summed E-state index contributed by atoms with van der Waals surface area (Å²) in [5, 5.41) is 12.7. The fourth-order valence-corrected chi connectivity index (χ4v) is 1.72. The van der Waals surface area contributed by atoms with Crippen molar-refractivity contribution in [2.24, 2.45) is 0 Å². The van der Waals surface area contributed by atoms with Gasteiger partial charge in [0, 0.05) is 11.5 Å². The van der Waals surface area contributed by atoms with Gasteiger partial charge in [-0.25, -0.2) is 0 Å². The molecule has 0 aliphatic rings. The van der Waals surface area contributed by atoms with E-state index in [1.165, 1.54) is 0 Å². The highest BCUT2D eigenvalue weighted by molar-refractivity contribution is 7.10. The van der Waals surface area contributed by atoms with Crippen LogP contribution in [0, 0.1) is 11.3 Å². The number of aromatic nitrogens is 2. The number of halogens is 1. The van der Waals surface area contributed by atoms with Crippen LogP contribution in [0.25, 0.3) is 0 Å². The summed E-state index contributed by atoms with van der Waals surface area (Å²) in [4.78, 5) is 0. The molecule has 0 radical (unpaired) electrons. The zero-order valence-corrected chi connectivity index (χ0v) is 9.63. The van der Waals surface area contributed by atoms with Crippen LogP contribution in [0.3, 0.4) is 0 Å². The van der Waals surface area contributed by atoms with Gasteiger partial charge in [0.05, 0.1) is 5.56 Å². The minimum absolute atomic E-state index is 0.216. The highest BCUT2D eigenvalue weighted by atomic mass is 35.5. The third-order valence-corrected chi connectivity index (χ3v) is 2.87. The number of benzene rings is 1. The molecule has 0 bridgehead atoms. The van der Waals surface area contributed by atoms with Gasteiger partial charge in [0.2, 0.25) is 0 Å². The summed E-state index contributed by atoms with van der Waals surface area (Å²) in [5.41, 5.74) is 1.07. The van der Waals surface area contributed by atoms with Crippen molar-refractivity contribution >= 4 is 23.1 Å². The molecule has 6 heteroatoms. The Balaban J connectivity index is 2.11. The largest absolute Gasteiger partial charge is 0.486 e. The molecule has 0 atom stereocenters. The Morgan fingerprint density at radius 3 is 2.94 bits per heavy atom. The Bertz CT molecular complexity index is 535. The molecule has 1 aromatic heterocycles. The molecule has 4 nitrogen and oxygen atoms in total. The normalized spacial score (nSPS) is 9.75. The Morgan fingerprint density at radius 1 is 1.44 bits per heavy atom. The van der Waals surface area contributed by atoms with Crippen molar-refractivity contribution < 1.29 is 4.74 Å². The molecule has 0 unspecified atom stereocenters. The summed E-state index contributed by atoms with van der Waals surface area (Å²) in [5.74, 6) is 0.522. The van der Waals surface area contributed by atoms with E-state index in [4.69, 9.17) is 21.6 Å². The first-order valence-corrected chi connectivity index (χ1v) is 5.55. The van der Waals surface area contributed by atoms with Gasteiger partial charge in [0.15, 0.2) is 0 Å². The van der Waals surface area contributed by atoms with E-state index in [-0.39, 0.29) is 6.61 Å². The predicted octanol–water partition coefficient (Wildman–Crippen LogP) is 2.64. The van der Waals surface area contributed by atoms with Gasteiger partial charge in [0.25, 0.3) is 0 Å². The standard InChI is InChI=1S/C10H6ClN3OS/c11-10-8(13-14-16-10)6-15-9-4-2-1-3-7(9)5-12/h1-4H,6H2. The number of para-hydroxylation sites is 1. The minimum atomic E-state index is 0.216. The average Bonchev–Trinajstić information content (AvgIpc) is 2.72. The van der Waals surface area contributed by atoms with Crippen molar-refractivity contribution in [1.82, 2.24) is 9.59 Å². The van der Waals surface area contributed by atoms with Gasteiger partial charge in [-0.2, -0.15) is 5.26 Å². The lowest BCUT2D eigenvalue weighted by atomic mass is 10.2. The first-order chi connectivity index (χ1) is 7.81. The molecule has 80 valence electrons. The molecule has 0 saturated carbocycles. The first kappa shape index (κ1) is 10.9. The Hall–Kier alpha value is -1.64. The molecule has 1 aromatic carbocycles. The quantitative estimate of drug-likeness (QED) is 0.841. The van der Waals surface area contributed by atoms with Gasteiger partial charge in [-0.05, 0) is 12.1 Å². The SMILES string of the molecule is N#Cc1ccccc1OCc1nnsc1Cl. The number of nitrogens with zero attached hydrogens (tertiary/aromatic N) is 3. The number of hydrogen-bond donors (Lipinski definition) is 0. The molecule has 0 fully saturated rings. The molecular weight excluding hydrogens is 246 g/mol. The molecular formula is C10H6ClN3OS. The summed E-state index contributed by atoms with van der Waals surface area (Å²) in [6.07, 6.45) is 0. The lowest BCUT2D eigenvalue weighted by Crippen LogP contribution is -1.98. The highest BCUT2D eigenvalue weighted by Gasteiger charge is 2.07. The average molecular weight is 252 g/mol. The summed E-state index contributed by atoms with van der Waals surface area (Å²) >= 11 is 6.94. The van der Waals surface area contributed by atoms with E-state index in [0.29, 0.717) is 21.3 Å². The molecule has 2 rings (SSSR count). The Labute approximate surface area is 101 Å². The second-order valence-corrected chi connectivity index (χ2v) is 4.25. The molecule has 0 amide bonds. The van der Waals surface area contributed by atoms with Gasteiger partial charge in [-0.3, -0.25) is 0 Å². The zero-order valence-electron chi connectivity index (χ0n) is 8.05. The third kappa shape index (κ3) is 2.30. The van der Waals surface area contributed by atoms with Crippen LogP contribution in [0.5, 0.6) is 5.75 Å². The predicted molar refractivity (Wildman–Crippen MR) is 60.4 cm³/mol. The summed E-state index contributed by atoms with van der Waals surface area (Å²) in [6, 6.07) is 9.05. The summed E-state index contributed by atoms with van der Waals surface area (Å²) in [7, 11) is 0. The van der Waals surface area contributed by atoms with E-state index in [1.807, 2.05) is 6.07 Å². The van der Waals surface area contributed by atoms with Crippen molar-refractivity contribution in [3.8, 4) is 11.8 Å². The molecule has 16 heavy (non-hydrogen) atoms. The number of nitriles is 1. The Kier molecular flexibility index (Phi) is 3.34. The fraction of sp³-hybridized carbons (Fsp3) is 0.100. The molecule has 0 saturated heterocycles. The molecule has 0 aliphatic carbocycles. The van der Waals surface area contributed by atoms with Crippen LogP contribution in [-0.4, -0.2) is 9.59 Å². The van der Waals surface area contributed by atoms with Crippen LogP contribution in [0.2, 0.25) is 4.34 Å². The van der Waals surface area contributed by atoms with Crippen molar-refractivity contribution in [3.63, 3.8) is 0 Å². The lowest BCUT2D eigenvalue weighted by molar-refractivity contribution is 0.300. The van der Waals surface area contributed by atoms with Crippen molar-refractivity contribution in [2.45, 2.75) is 6.61 Å². The Morgan fingerprint density at radius 2 is 2.25 bits per heavy atom. The molecule has 2 aromatic rings. The van der Waals surface area contributed by atoms with E-state index in [0.717, 1.165) is 11.5 Å². The van der Waals surface area contributed by atoms with Crippen LogP contribution in [0.1, 0.15) is 11.3 Å². The van der Waals surface area contributed by atoms with E-state index >= 15 is 0 Å². The maximum atomic E-state index is 8.85. The topological polar surface area (TPSA) is 58.8 Å². The number of rotatable bonds is 3. The smallest absolute Gasteiger partial charge is 0.141 e. The van der Waals surface area contributed by atoms with E-state index < -0.39 is 0 Å². The molecule has 0 spiro atoms. The van der Waals surface area contributed by atoms with Crippen LogP contribution < -0.4 is 4.74 Å². The third-order valence-electron chi connectivity index (χ3n) is 1.88. The van der Waals surface area contributed by atoms with Gasteiger partial charge in [-0.15, -0.1) is 5.10 Å². The van der Waals surface area contributed by atoms with Gasteiger partial charge >= 0.3 is 0 Å². The zero-order chi connectivity index (χ0) is 11.4. The van der Waals surface area contributed by atoms with Crippen LogP contribution in [-0.2, 0) is 6.61 Å². The first-order valence-electron chi connectivity index (χ1n) is 4.40. The number of ether oxygens (including phenoxy) is 1. The van der Waals surface area contributed by atoms with Crippen LogP contribution >= 0.6 is 23.1 Å². The fourth-order valence-electron chi connectivity index (χ4n) is 1.11. The molecule has 0 N–H and O–H groups in total. The van der Waals surface area contributed by atoms with Gasteiger partial charge < -0.3 is 4.74 Å². The van der Waals surface area contributed by atoms with Crippen LogP contribution in [0.15, 0.2) is 24.3 Å². The van der Waals surface area contributed by atoms with Gasteiger partial charge in [-0.1, -0.05) is 28.2 Å². The lowest BCUT2D eigenvalue weighted by Gasteiger charge is -2.05. The maximum absolute atomic E-state index is 8.85. The van der Waals surface area contributed by atoms with Crippen molar-refractivity contribution in [3.05, 3.63) is 39.9 Å². The van der Waals surface area contributed by atoms with E-state index in [1.54, 1.807) is 24.3 Å². The minimum Gasteiger partial charge on any atom is -0.486 e. The van der Waals surface area contributed by atoms with Crippen molar-refractivity contribution in [2.75, 3.05) is 0 Å². The van der Waals surface area contributed by atoms with E-state index in [9.17, 15) is 0 Å². The monoisotopic (exact) mass is 251 g/mol. The second kappa shape index (κ2) is 4.92. The van der Waals surface area contributed by atoms with Crippen molar-refractivity contribution in [1.29, 1.82) is 5.26 Å². The molecule has 0 aliphatic heterocycles. The molecule has 1 heterocycles. The van der Waals surface area contributed by atoms with Crippen LogP contribution in [0.4, 0.5) is 0 Å². The van der Waals surface area contributed by atoms with Gasteiger partial charge in [0.1, 0.15) is 28.5 Å². The summed E-state index contributed by atoms with van der Waals surface area (Å²) in [6.45, 7) is 0.216. The highest BCUT2D eigenvalue weighted by Crippen LogP contribution is 2.21. The maximum Gasteiger partial charge on any atom is 0.141 e. The number of hydrogen-bond acceptors (Lipinski definition) is 5. The second-order valence-electron chi connectivity index (χ2n) is 2.89. The summed E-state index contributed by atoms with van der Waals surface area (Å²) < 4.78 is 9.65. The van der Waals surface area contributed by atoms with E-state index in [2.05, 4.69) is 9.59 Å².